The molecule has 0 radical (unpaired) electrons. The van der Waals surface area contributed by atoms with Gasteiger partial charge in [0.15, 0.2) is 11.6 Å². The molecule has 2 aromatic rings. The predicted octanol–water partition coefficient (Wildman–Crippen LogP) is 4.81. The van der Waals surface area contributed by atoms with E-state index in [-0.39, 0.29) is 17.3 Å². The molecule has 2 aromatic carbocycles. The lowest BCUT2D eigenvalue weighted by Gasteiger charge is -2.08. The smallest absolute Gasteiger partial charge is 0.165 e. The van der Waals surface area contributed by atoms with Crippen LogP contribution in [0.5, 0.6) is 5.75 Å². The Morgan fingerprint density at radius 2 is 1.80 bits per heavy atom. The van der Waals surface area contributed by atoms with Crippen molar-refractivity contribution in [3.8, 4) is 16.9 Å². The molecule has 20 heavy (non-hydrogen) atoms. The van der Waals surface area contributed by atoms with Crippen molar-refractivity contribution < 1.29 is 14.2 Å². The van der Waals surface area contributed by atoms with Crippen LogP contribution in [0.15, 0.2) is 49.0 Å². The molecule has 2 nitrogen and oxygen atoms in total. The van der Waals surface area contributed by atoms with Crippen LogP contribution in [-0.4, -0.2) is 11.7 Å². The van der Waals surface area contributed by atoms with Gasteiger partial charge < -0.3 is 9.84 Å². The van der Waals surface area contributed by atoms with Crippen LogP contribution in [0.1, 0.15) is 18.9 Å². The standard InChI is InChI=1S/C17H17FO2/c1-3-10-20-17-9-8-15(11-16(17)18)14-6-4-13(5-7-14)12(2)19/h4-9,11,19H,2-3,10H2,1H3. The molecule has 0 fully saturated rings. The van der Waals surface area contributed by atoms with Gasteiger partial charge >= 0.3 is 0 Å². The Labute approximate surface area is 118 Å². The Morgan fingerprint density at radius 3 is 2.35 bits per heavy atom. The minimum absolute atomic E-state index is 0.0195. The van der Waals surface area contributed by atoms with Gasteiger partial charge in [-0.3, -0.25) is 0 Å². The first-order valence-electron chi connectivity index (χ1n) is 6.53. The van der Waals surface area contributed by atoms with E-state index in [1.54, 1.807) is 18.2 Å². The molecule has 0 aromatic heterocycles. The second kappa shape index (κ2) is 6.24. The lowest BCUT2D eigenvalue weighted by atomic mass is 10.0. The highest BCUT2D eigenvalue weighted by Crippen LogP contribution is 2.26. The number of ether oxygens (including phenoxy) is 1. The van der Waals surface area contributed by atoms with E-state index < -0.39 is 0 Å². The maximum atomic E-state index is 13.9. The maximum absolute atomic E-state index is 13.9. The summed E-state index contributed by atoms with van der Waals surface area (Å²) in [6.07, 6.45) is 0.841. The number of hydrogen-bond donors (Lipinski definition) is 1. The van der Waals surface area contributed by atoms with E-state index in [9.17, 15) is 9.50 Å². The predicted molar refractivity (Wildman–Crippen MR) is 79.3 cm³/mol. The minimum Gasteiger partial charge on any atom is -0.508 e. The van der Waals surface area contributed by atoms with Crippen LogP contribution in [0, 0.1) is 5.82 Å². The molecule has 0 unspecified atom stereocenters. The number of halogens is 1. The zero-order chi connectivity index (χ0) is 14.5. The Morgan fingerprint density at radius 1 is 1.15 bits per heavy atom. The van der Waals surface area contributed by atoms with Gasteiger partial charge in [-0.25, -0.2) is 4.39 Å². The topological polar surface area (TPSA) is 29.5 Å². The van der Waals surface area contributed by atoms with Crippen LogP contribution < -0.4 is 4.74 Å². The van der Waals surface area contributed by atoms with Gasteiger partial charge in [-0.2, -0.15) is 0 Å². The van der Waals surface area contributed by atoms with E-state index in [0.29, 0.717) is 12.2 Å². The zero-order valence-electron chi connectivity index (χ0n) is 11.4. The summed E-state index contributed by atoms with van der Waals surface area (Å²) in [5.41, 5.74) is 2.29. The van der Waals surface area contributed by atoms with Gasteiger partial charge in [0.25, 0.3) is 0 Å². The minimum atomic E-state index is -0.369. The number of rotatable bonds is 5. The average Bonchev–Trinajstić information content (AvgIpc) is 2.46. The quantitative estimate of drug-likeness (QED) is 0.791. The lowest BCUT2D eigenvalue weighted by molar-refractivity contribution is 0.301. The van der Waals surface area contributed by atoms with Crippen LogP contribution in [0.25, 0.3) is 16.9 Å². The summed E-state index contributed by atoms with van der Waals surface area (Å²) in [5.74, 6) is -0.0754. The zero-order valence-corrected chi connectivity index (χ0v) is 11.4. The molecule has 0 atom stereocenters. The molecule has 3 heteroatoms. The van der Waals surface area contributed by atoms with Crippen molar-refractivity contribution in [3.05, 3.63) is 60.4 Å². The van der Waals surface area contributed by atoms with Gasteiger partial charge in [0, 0.05) is 5.56 Å². The summed E-state index contributed by atoms with van der Waals surface area (Å²) in [6, 6.07) is 12.0. The Hall–Kier alpha value is -2.29. The maximum Gasteiger partial charge on any atom is 0.165 e. The van der Waals surface area contributed by atoms with Crippen molar-refractivity contribution in [1.82, 2.24) is 0 Å². The fraction of sp³-hybridized carbons (Fsp3) is 0.176. The molecule has 0 aliphatic heterocycles. The fourth-order valence-electron chi connectivity index (χ4n) is 1.86. The SMILES string of the molecule is C=C(O)c1ccc(-c2ccc(OCCC)c(F)c2)cc1. The van der Waals surface area contributed by atoms with Crippen LogP contribution in [0.3, 0.4) is 0 Å². The third-order valence-corrected chi connectivity index (χ3v) is 2.95. The highest BCUT2D eigenvalue weighted by Gasteiger charge is 2.06. The van der Waals surface area contributed by atoms with Gasteiger partial charge in [-0.15, -0.1) is 0 Å². The van der Waals surface area contributed by atoms with E-state index in [0.717, 1.165) is 17.5 Å². The van der Waals surface area contributed by atoms with Crippen LogP contribution in [-0.2, 0) is 0 Å². The molecular weight excluding hydrogens is 255 g/mol. The summed E-state index contributed by atoms with van der Waals surface area (Å²) in [5, 5.41) is 9.28. The van der Waals surface area contributed by atoms with E-state index >= 15 is 0 Å². The normalized spacial score (nSPS) is 10.3. The van der Waals surface area contributed by atoms with Gasteiger partial charge in [-0.05, 0) is 29.7 Å². The second-order valence-corrected chi connectivity index (χ2v) is 4.52. The molecule has 0 aliphatic rings. The van der Waals surface area contributed by atoms with Crippen molar-refractivity contribution in [2.45, 2.75) is 13.3 Å². The first kappa shape index (κ1) is 14.1. The number of benzene rings is 2. The molecule has 0 aliphatic carbocycles. The molecule has 0 saturated carbocycles. The van der Waals surface area contributed by atoms with Crippen molar-refractivity contribution in [2.75, 3.05) is 6.61 Å². The Kier molecular flexibility index (Phi) is 4.41. The van der Waals surface area contributed by atoms with Gasteiger partial charge in [-0.1, -0.05) is 43.8 Å². The third-order valence-electron chi connectivity index (χ3n) is 2.95. The molecule has 0 saturated heterocycles. The monoisotopic (exact) mass is 272 g/mol. The van der Waals surface area contributed by atoms with E-state index in [1.807, 2.05) is 25.1 Å². The number of hydrogen-bond acceptors (Lipinski definition) is 2. The third kappa shape index (κ3) is 3.18. The molecule has 0 spiro atoms. The van der Waals surface area contributed by atoms with Gasteiger partial charge in [0.05, 0.1) is 6.61 Å². The van der Waals surface area contributed by atoms with Gasteiger partial charge in [0.1, 0.15) is 5.76 Å². The first-order chi connectivity index (χ1) is 9.61. The number of aliphatic hydroxyl groups is 1. The molecule has 1 N–H and O–H groups in total. The van der Waals surface area contributed by atoms with Crippen molar-refractivity contribution in [1.29, 1.82) is 0 Å². The fourth-order valence-corrected chi connectivity index (χ4v) is 1.86. The van der Waals surface area contributed by atoms with Crippen molar-refractivity contribution >= 4 is 5.76 Å². The lowest BCUT2D eigenvalue weighted by Crippen LogP contribution is -1.97. The molecule has 104 valence electrons. The van der Waals surface area contributed by atoms with Gasteiger partial charge in [0.2, 0.25) is 0 Å². The van der Waals surface area contributed by atoms with Crippen LogP contribution in [0.4, 0.5) is 4.39 Å². The second-order valence-electron chi connectivity index (χ2n) is 4.52. The van der Waals surface area contributed by atoms with Crippen LogP contribution >= 0.6 is 0 Å². The average molecular weight is 272 g/mol. The molecule has 2 rings (SSSR count). The molecule has 0 amide bonds. The highest BCUT2D eigenvalue weighted by molar-refractivity contribution is 5.67. The Balaban J connectivity index is 2.24. The summed E-state index contributed by atoms with van der Waals surface area (Å²) in [7, 11) is 0. The Bertz CT molecular complexity index is 603. The summed E-state index contributed by atoms with van der Waals surface area (Å²) < 4.78 is 19.2. The van der Waals surface area contributed by atoms with E-state index in [1.165, 1.54) is 6.07 Å². The first-order valence-corrected chi connectivity index (χ1v) is 6.53. The van der Waals surface area contributed by atoms with E-state index in [4.69, 9.17) is 4.74 Å². The largest absolute Gasteiger partial charge is 0.508 e. The van der Waals surface area contributed by atoms with E-state index in [2.05, 4.69) is 6.58 Å². The molecular formula is C17H17FO2. The molecule has 0 bridgehead atoms. The summed E-state index contributed by atoms with van der Waals surface area (Å²) in [6.45, 7) is 5.94. The summed E-state index contributed by atoms with van der Waals surface area (Å²) in [4.78, 5) is 0. The summed E-state index contributed by atoms with van der Waals surface area (Å²) >= 11 is 0. The molecule has 0 heterocycles. The van der Waals surface area contributed by atoms with Crippen LogP contribution in [0.2, 0.25) is 0 Å². The highest BCUT2D eigenvalue weighted by atomic mass is 19.1. The van der Waals surface area contributed by atoms with Crippen molar-refractivity contribution in [2.24, 2.45) is 0 Å². The van der Waals surface area contributed by atoms with Crippen molar-refractivity contribution in [3.63, 3.8) is 0 Å². The number of aliphatic hydroxyl groups excluding tert-OH is 1.